The summed E-state index contributed by atoms with van der Waals surface area (Å²) in [6.45, 7) is 1.78. The highest BCUT2D eigenvalue weighted by atomic mass is 16.5. The van der Waals surface area contributed by atoms with E-state index in [0.717, 1.165) is 5.56 Å². The van der Waals surface area contributed by atoms with Gasteiger partial charge in [0.05, 0.1) is 6.26 Å². The lowest BCUT2D eigenvalue weighted by Gasteiger charge is -2.03. The summed E-state index contributed by atoms with van der Waals surface area (Å²) in [4.78, 5) is 31.5. The molecule has 3 aromatic heterocycles. The first-order valence-corrected chi connectivity index (χ1v) is 7.34. The Morgan fingerprint density at radius 2 is 2.08 bits per heavy atom. The predicted molar refractivity (Wildman–Crippen MR) is 83.8 cm³/mol. The summed E-state index contributed by atoms with van der Waals surface area (Å²) in [6.07, 6.45) is 4.54. The zero-order valence-corrected chi connectivity index (χ0v) is 13.3. The third kappa shape index (κ3) is 4.08. The van der Waals surface area contributed by atoms with Gasteiger partial charge in [0.25, 0.3) is 0 Å². The minimum atomic E-state index is -0.508. The third-order valence-corrected chi connectivity index (χ3v) is 3.22. The van der Waals surface area contributed by atoms with Crippen molar-refractivity contribution in [1.82, 2.24) is 20.4 Å². The first kappa shape index (κ1) is 16.4. The number of nitrogens with one attached hydrogen (secondary N) is 1. The number of hydrogen-bond donors (Lipinski definition) is 1. The van der Waals surface area contributed by atoms with Crippen molar-refractivity contribution in [2.75, 3.05) is 0 Å². The molecule has 128 valence electrons. The van der Waals surface area contributed by atoms with Crippen molar-refractivity contribution in [2.24, 2.45) is 0 Å². The Balaban J connectivity index is 1.58. The number of ether oxygens (including phenoxy) is 1. The maximum Gasteiger partial charge on any atom is 0.316 e. The van der Waals surface area contributed by atoms with E-state index in [1.54, 1.807) is 31.5 Å². The van der Waals surface area contributed by atoms with Gasteiger partial charge in [0.2, 0.25) is 17.0 Å². The normalized spacial score (nSPS) is 10.4. The van der Waals surface area contributed by atoms with Gasteiger partial charge in [0, 0.05) is 25.0 Å². The lowest BCUT2D eigenvalue weighted by atomic mass is 10.3. The van der Waals surface area contributed by atoms with Crippen molar-refractivity contribution < 1.29 is 18.5 Å². The SMILES string of the molecule is Cc1occc(=O)c1OCc1noc(C(=O)NCc2ccncc2)n1. The Kier molecular flexibility index (Phi) is 4.84. The third-order valence-electron chi connectivity index (χ3n) is 3.22. The van der Waals surface area contributed by atoms with E-state index < -0.39 is 5.91 Å². The zero-order valence-electron chi connectivity index (χ0n) is 13.3. The molecular weight excluding hydrogens is 328 g/mol. The van der Waals surface area contributed by atoms with E-state index in [2.05, 4.69) is 20.4 Å². The van der Waals surface area contributed by atoms with Crippen LogP contribution in [0.1, 0.15) is 27.8 Å². The average molecular weight is 342 g/mol. The molecule has 0 aromatic carbocycles. The number of nitrogens with zero attached hydrogens (tertiary/aromatic N) is 3. The minimum absolute atomic E-state index is 0.0657. The molecular formula is C16H14N4O5. The Morgan fingerprint density at radius 1 is 1.28 bits per heavy atom. The van der Waals surface area contributed by atoms with E-state index in [1.165, 1.54) is 12.3 Å². The highest BCUT2D eigenvalue weighted by Gasteiger charge is 2.16. The molecule has 3 heterocycles. The minimum Gasteiger partial charge on any atom is -0.478 e. The van der Waals surface area contributed by atoms with Gasteiger partial charge in [0.15, 0.2) is 6.61 Å². The first-order valence-electron chi connectivity index (χ1n) is 7.34. The second kappa shape index (κ2) is 7.39. The van der Waals surface area contributed by atoms with Crippen molar-refractivity contribution in [1.29, 1.82) is 0 Å². The largest absolute Gasteiger partial charge is 0.478 e. The summed E-state index contributed by atoms with van der Waals surface area (Å²) in [5, 5.41) is 6.30. The molecule has 0 aliphatic rings. The van der Waals surface area contributed by atoms with Crippen LogP contribution in [0.15, 0.2) is 50.6 Å². The van der Waals surface area contributed by atoms with E-state index in [9.17, 15) is 9.59 Å². The molecule has 3 aromatic rings. The second-order valence-electron chi connectivity index (χ2n) is 5.01. The molecule has 9 nitrogen and oxygen atoms in total. The van der Waals surface area contributed by atoms with Crippen molar-refractivity contribution in [3.8, 4) is 5.75 Å². The fourth-order valence-corrected chi connectivity index (χ4v) is 1.97. The molecule has 9 heteroatoms. The molecule has 25 heavy (non-hydrogen) atoms. The van der Waals surface area contributed by atoms with E-state index in [1.807, 2.05) is 0 Å². The van der Waals surface area contributed by atoms with Gasteiger partial charge in [-0.1, -0.05) is 5.16 Å². The van der Waals surface area contributed by atoms with E-state index >= 15 is 0 Å². The highest BCUT2D eigenvalue weighted by molar-refractivity contribution is 5.89. The van der Waals surface area contributed by atoms with E-state index in [-0.39, 0.29) is 29.5 Å². The fraction of sp³-hybridized carbons (Fsp3) is 0.188. The van der Waals surface area contributed by atoms with Gasteiger partial charge >= 0.3 is 11.8 Å². The van der Waals surface area contributed by atoms with Gasteiger partial charge in [-0.25, -0.2) is 0 Å². The van der Waals surface area contributed by atoms with Crippen LogP contribution in [0, 0.1) is 6.92 Å². The Morgan fingerprint density at radius 3 is 2.84 bits per heavy atom. The van der Waals surface area contributed by atoms with Crippen LogP contribution in [-0.4, -0.2) is 21.0 Å². The van der Waals surface area contributed by atoms with Crippen LogP contribution in [0.25, 0.3) is 0 Å². The summed E-state index contributed by atoms with van der Waals surface area (Å²) in [6, 6.07) is 4.80. The number of amides is 1. The molecule has 0 aliphatic carbocycles. The van der Waals surface area contributed by atoms with Crippen molar-refractivity contribution in [3.63, 3.8) is 0 Å². The lowest BCUT2D eigenvalue weighted by Crippen LogP contribution is -2.23. The molecule has 0 saturated heterocycles. The van der Waals surface area contributed by atoms with Gasteiger partial charge in [-0.05, 0) is 24.6 Å². The number of carbonyl (C=O) groups excluding carboxylic acids is 1. The molecule has 0 spiro atoms. The molecule has 1 N–H and O–H groups in total. The van der Waals surface area contributed by atoms with Crippen molar-refractivity contribution in [2.45, 2.75) is 20.1 Å². The predicted octanol–water partition coefficient (Wildman–Crippen LogP) is 1.24. The van der Waals surface area contributed by atoms with Crippen LogP contribution in [0.5, 0.6) is 5.75 Å². The van der Waals surface area contributed by atoms with Gasteiger partial charge in [0.1, 0.15) is 5.76 Å². The zero-order chi connectivity index (χ0) is 17.6. The molecule has 0 bridgehead atoms. The van der Waals surface area contributed by atoms with E-state index in [0.29, 0.717) is 12.3 Å². The molecule has 1 amide bonds. The second-order valence-corrected chi connectivity index (χ2v) is 5.01. The average Bonchev–Trinajstić information content (AvgIpc) is 3.09. The number of carbonyl (C=O) groups is 1. The molecule has 0 unspecified atom stereocenters. The molecule has 0 aliphatic heterocycles. The highest BCUT2D eigenvalue weighted by Crippen LogP contribution is 2.12. The summed E-state index contributed by atoms with van der Waals surface area (Å²) in [5.74, 6) is -0.158. The van der Waals surface area contributed by atoms with Gasteiger partial charge in [-0.2, -0.15) is 4.98 Å². The Labute approximate surface area is 141 Å². The van der Waals surface area contributed by atoms with Crippen molar-refractivity contribution >= 4 is 5.91 Å². The van der Waals surface area contributed by atoms with Crippen molar-refractivity contribution in [3.05, 3.63) is 70.1 Å². The van der Waals surface area contributed by atoms with Gasteiger partial charge in [-0.3, -0.25) is 14.6 Å². The number of aromatic nitrogens is 3. The molecule has 0 saturated carbocycles. The quantitative estimate of drug-likeness (QED) is 0.710. The summed E-state index contributed by atoms with van der Waals surface area (Å²) < 4.78 is 15.3. The molecule has 0 radical (unpaired) electrons. The van der Waals surface area contributed by atoms with E-state index in [4.69, 9.17) is 13.7 Å². The summed E-state index contributed by atoms with van der Waals surface area (Å²) in [5.41, 5.74) is 0.570. The van der Waals surface area contributed by atoms with Gasteiger partial charge < -0.3 is 19.0 Å². The van der Waals surface area contributed by atoms with Crippen LogP contribution < -0.4 is 15.5 Å². The van der Waals surface area contributed by atoms with Crippen LogP contribution in [0.3, 0.4) is 0 Å². The summed E-state index contributed by atoms with van der Waals surface area (Å²) >= 11 is 0. The molecule has 0 atom stereocenters. The van der Waals surface area contributed by atoms with Gasteiger partial charge in [-0.15, -0.1) is 0 Å². The lowest BCUT2D eigenvalue weighted by molar-refractivity contribution is 0.0907. The number of aryl methyl sites for hydroxylation is 1. The van der Waals surface area contributed by atoms with Crippen LogP contribution in [0.2, 0.25) is 0 Å². The Hall–Kier alpha value is -3.49. The Bertz CT molecular complexity index is 920. The monoisotopic (exact) mass is 342 g/mol. The van der Waals surface area contributed by atoms with Crippen LogP contribution in [-0.2, 0) is 13.2 Å². The number of hydrogen-bond acceptors (Lipinski definition) is 8. The molecule has 0 fully saturated rings. The topological polar surface area (TPSA) is 120 Å². The number of pyridine rings is 1. The maximum atomic E-state index is 12.0. The maximum absolute atomic E-state index is 12.0. The first-order chi connectivity index (χ1) is 12.1. The van der Waals surface area contributed by atoms with Crippen LogP contribution >= 0.6 is 0 Å². The molecule has 3 rings (SSSR count). The van der Waals surface area contributed by atoms with Crippen LogP contribution in [0.4, 0.5) is 0 Å². The standard InChI is InChI=1S/C16H14N4O5/c1-10-14(12(21)4-7-23-10)24-9-13-19-16(25-20-13)15(22)18-8-11-2-5-17-6-3-11/h2-7H,8-9H2,1H3,(H,18,22). The summed E-state index contributed by atoms with van der Waals surface area (Å²) in [7, 11) is 0. The fourth-order valence-electron chi connectivity index (χ4n) is 1.97. The smallest absolute Gasteiger partial charge is 0.316 e. The number of rotatable bonds is 6.